The van der Waals surface area contributed by atoms with E-state index in [9.17, 15) is 20.1 Å². The van der Waals surface area contributed by atoms with Crippen molar-refractivity contribution < 1.29 is 20.1 Å². The number of hydrogen-bond acceptors (Lipinski definition) is 3. The van der Waals surface area contributed by atoms with Crippen molar-refractivity contribution in [2.24, 2.45) is 5.92 Å². The standard InChI is InChI=1S/C19H22O4/c1-3-13(18(22)23)12-19(2,14-4-8-16(20)9-5-14)15-6-10-17(21)11-7-15/h4-11,13,20-21H,3,12H2,1-2H3,(H,22,23). The van der Waals surface area contributed by atoms with Gasteiger partial charge in [-0.15, -0.1) is 0 Å². The Morgan fingerprint density at radius 2 is 1.35 bits per heavy atom. The Morgan fingerprint density at radius 3 is 1.65 bits per heavy atom. The van der Waals surface area contributed by atoms with Gasteiger partial charge in [0.15, 0.2) is 0 Å². The molecule has 0 heterocycles. The number of rotatable bonds is 6. The molecular weight excluding hydrogens is 292 g/mol. The first-order valence-corrected chi connectivity index (χ1v) is 7.68. The average Bonchev–Trinajstić information content (AvgIpc) is 2.53. The second-order valence-electron chi connectivity index (χ2n) is 6.07. The summed E-state index contributed by atoms with van der Waals surface area (Å²) >= 11 is 0. The van der Waals surface area contributed by atoms with Gasteiger partial charge in [0.05, 0.1) is 5.92 Å². The summed E-state index contributed by atoms with van der Waals surface area (Å²) in [5.41, 5.74) is 1.34. The van der Waals surface area contributed by atoms with Crippen LogP contribution in [0.2, 0.25) is 0 Å². The predicted molar refractivity (Wildman–Crippen MR) is 88.7 cm³/mol. The Balaban J connectivity index is 2.51. The lowest BCUT2D eigenvalue weighted by atomic mass is 9.70. The van der Waals surface area contributed by atoms with Gasteiger partial charge in [0, 0.05) is 5.41 Å². The highest BCUT2D eigenvalue weighted by atomic mass is 16.4. The van der Waals surface area contributed by atoms with Gasteiger partial charge in [0.1, 0.15) is 11.5 Å². The summed E-state index contributed by atoms with van der Waals surface area (Å²) in [6.45, 7) is 3.87. The molecule has 0 aromatic heterocycles. The van der Waals surface area contributed by atoms with E-state index in [-0.39, 0.29) is 11.5 Å². The Labute approximate surface area is 136 Å². The second-order valence-corrected chi connectivity index (χ2v) is 6.07. The van der Waals surface area contributed by atoms with Crippen molar-refractivity contribution in [2.45, 2.75) is 32.1 Å². The van der Waals surface area contributed by atoms with Crippen LogP contribution in [0.25, 0.3) is 0 Å². The zero-order valence-electron chi connectivity index (χ0n) is 13.4. The Bertz CT molecular complexity index is 613. The van der Waals surface area contributed by atoms with Crippen molar-refractivity contribution in [1.82, 2.24) is 0 Å². The fraction of sp³-hybridized carbons (Fsp3) is 0.316. The van der Waals surface area contributed by atoms with Crippen LogP contribution in [-0.4, -0.2) is 21.3 Å². The normalized spacial score (nSPS) is 12.8. The van der Waals surface area contributed by atoms with Crippen LogP contribution in [0, 0.1) is 5.92 Å². The molecule has 0 spiro atoms. The molecule has 0 aliphatic rings. The zero-order chi connectivity index (χ0) is 17.0. The van der Waals surface area contributed by atoms with Gasteiger partial charge in [-0.05, 0) is 48.2 Å². The highest BCUT2D eigenvalue weighted by molar-refractivity contribution is 5.70. The first-order chi connectivity index (χ1) is 10.9. The molecule has 1 atom stereocenters. The SMILES string of the molecule is CCC(CC(C)(c1ccc(O)cc1)c1ccc(O)cc1)C(=O)O. The molecule has 4 nitrogen and oxygen atoms in total. The maximum absolute atomic E-state index is 11.5. The van der Waals surface area contributed by atoms with Crippen LogP contribution in [0.3, 0.4) is 0 Å². The summed E-state index contributed by atoms with van der Waals surface area (Å²) in [6, 6.07) is 13.7. The Morgan fingerprint density at radius 1 is 0.957 bits per heavy atom. The lowest BCUT2D eigenvalue weighted by Crippen LogP contribution is -2.30. The number of benzene rings is 2. The minimum absolute atomic E-state index is 0.173. The minimum atomic E-state index is -0.809. The average molecular weight is 314 g/mol. The van der Waals surface area contributed by atoms with Crippen molar-refractivity contribution in [3.63, 3.8) is 0 Å². The molecule has 122 valence electrons. The van der Waals surface area contributed by atoms with E-state index in [1.165, 1.54) is 0 Å². The molecule has 2 rings (SSSR count). The van der Waals surface area contributed by atoms with Gasteiger partial charge in [-0.2, -0.15) is 0 Å². The van der Waals surface area contributed by atoms with Gasteiger partial charge in [0.2, 0.25) is 0 Å². The number of aromatic hydroxyl groups is 2. The molecule has 23 heavy (non-hydrogen) atoms. The first kappa shape index (κ1) is 16.9. The second kappa shape index (κ2) is 6.73. The topological polar surface area (TPSA) is 77.8 Å². The van der Waals surface area contributed by atoms with Crippen molar-refractivity contribution in [1.29, 1.82) is 0 Å². The smallest absolute Gasteiger partial charge is 0.306 e. The number of hydrogen-bond donors (Lipinski definition) is 3. The molecule has 2 aromatic carbocycles. The maximum atomic E-state index is 11.5. The molecule has 1 unspecified atom stereocenters. The Kier molecular flexibility index (Phi) is 4.94. The highest BCUT2D eigenvalue weighted by Crippen LogP contribution is 2.39. The van der Waals surface area contributed by atoms with E-state index in [1.807, 2.05) is 38.1 Å². The molecule has 0 saturated heterocycles. The third-order valence-corrected chi connectivity index (χ3v) is 4.51. The minimum Gasteiger partial charge on any atom is -0.508 e. The number of aliphatic carboxylic acids is 1. The monoisotopic (exact) mass is 314 g/mol. The van der Waals surface area contributed by atoms with Crippen molar-refractivity contribution in [3.8, 4) is 11.5 Å². The number of carboxylic acid groups (broad SMARTS) is 1. The van der Waals surface area contributed by atoms with E-state index < -0.39 is 17.3 Å². The zero-order valence-corrected chi connectivity index (χ0v) is 13.4. The summed E-state index contributed by atoms with van der Waals surface area (Å²) in [4.78, 5) is 11.5. The van der Waals surface area contributed by atoms with Gasteiger partial charge in [-0.1, -0.05) is 38.1 Å². The number of phenols is 2. The fourth-order valence-corrected chi connectivity index (χ4v) is 2.96. The number of carboxylic acids is 1. The van der Waals surface area contributed by atoms with Crippen LogP contribution >= 0.6 is 0 Å². The van der Waals surface area contributed by atoms with Gasteiger partial charge in [-0.25, -0.2) is 0 Å². The summed E-state index contributed by atoms with van der Waals surface area (Å²) in [6.07, 6.45) is 0.982. The van der Waals surface area contributed by atoms with E-state index in [1.54, 1.807) is 24.3 Å². The maximum Gasteiger partial charge on any atom is 0.306 e. The molecule has 0 bridgehead atoms. The van der Waals surface area contributed by atoms with Crippen LogP contribution in [0.4, 0.5) is 0 Å². The molecule has 0 saturated carbocycles. The molecule has 0 aliphatic heterocycles. The fourth-order valence-electron chi connectivity index (χ4n) is 2.96. The molecule has 3 N–H and O–H groups in total. The van der Waals surface area contributed by atoms with Crippen molar-refractivity contribution in [2.75, 3.05) is 0 Å². The van der Waals surface area contributed by atoms with Crippen LogP contribution in [0.1, 0.15) is 37.8 Å². The molecule has 2 aromatic rings. The van der Waals surface area contributed by atoms with Crippen molar-refractivity contribution >= 4 is 5.97 Å². The highest BCUT2D eigenvalue weighted by Gasteiger charge is 2.34. The summed E-state index contributed by atoms with van der Waals surface area (Å²) < 4.78 is 0. The molecule has 0 aliphatic carbocycles. The quantitative estimate of drug-likeness (QED) is 0.755. The van der Waals surface area contributed by atoms with E-state index in [4.69, 9.17) is 0 Å². The molecule has 4 heteroatoms. The largest absolute Gasteiger partial charge is 0.508 e. The van der Waals surface area contributed by atoms with E-state index in [0.29, 0.717) is 12.8 Å². The van der Waals surface area contributed by atoms with Crippen molar-refractivity contribution in [3.05, 3.63) is 59.7 Å². The van der Waals surface area contributed by atoms with Gasteiger partial charge in [0.25, 0.3) is 0 Å². The number of carbonyl (C=O) groups is 1. The van der Waals surface area contributed by atoms with Gasteiger partial charge < -0.3 is 15.3 Å². The molecule has 0 fully saturated rings. The molecule has 0 amide bonds. The summed E-state index contributed by atoms with van der Waals surface area (Å²) in [7, 11) is 0. The third-order valence-electron chi connectivity index (χ3n) is 4.51. The first-order valence-electron chi connectivity index (χ1n) is 7.68. The number of phenolic OH excluding ortho intramolecular Hbond substituents is 2. The lowest BCUT2D eigenvalue weighted by molar-refractivity contribution is -0.142. The molecule has 0 radical (unpaired) electrons. The summed E-state index contributed by atoms with van der Waals surface area (Å²) in [5, 5.41) is 28.5. The van der Waals surface area contributed by atoms with E-state index in [2.05, 4.69) is 0 Å². The van der Waals surface area contributed by atoms with E-state index >= 15 is 0 Å². The third kappa shape index (κ3) is 3.65. The molecular formula is C19H22O4. The lowest BCUT2D eigenvalue weighted by Gasteiger charge is -2.33. The van der Waals surface area contributed by atoms with Gasteiger partial charge >= 0.3 is 5.97 Å². The van der Waals surface area contributed by atoms with Gasteiger partial charge in [-0.3, -0.25) is 4.79 Å². The van der Waals surface area contributed by atoms with Crippen LogP contribution in [-0.2, 0) is 10.2 Å². The Hall–Kier alpha value is -2.49. The summed E-state index contributed by atoms with van der Waals surface area (Å²) in [5.74, 6) is -0.932. The van der Waals surface area contributed by atoms with Crippen LogP contribution in [0.15, 0.2) is 48.5 Å². The predicted octanol–water partition coefficient (Wildman–Crippen LogP) is 3.90. The van der Waals surface area contributed by atoms with Crippen LogP contribution < -0.4 is 0 Å². The van der Waals surface area contributed by atoms with Crippen LogP contribution in [0.5, 0.6) is 11.5 Å². The van der Waals surface area contributed by atoms with E-state index in [0.717, 1.165) is 11.1 Å².